The quantitative estimate of drug-likeness (QED) is 0.308. The Hall–Kier alpha value is -3.89. The topological polar surface area (TPSA) is 145 Å². The van der Waals surface area contributed by atoms with Crippen molar-refractivity contribution in [3.8, 4) is 28.3 Å². The van der Waals surface area contributed by atoms with E-state index in [0.717, 1.165) is 16.8 Å². The van der Waals surface area contributed by atoms with Crippen LogP contribution in [0.25, 0.3) is 28.3 Å². The number of aryl methyl sites for hydroxylation is 1. The Labute approximate surface area is 200 Å². The van der Waals surface area contributed by atoms with Crippen LogP contribution < -0.4 is 11.1 Å². The molecule has 0 aliphatic carbocycles. The van der Waals surface area contributed by atoms with E-state index in [0.29, 0.717) is 47.4 Å². The molecule has 0 saturated carbocycles. The Morgan fingerprint density at radius 2 is 2.03 bits per heavy atom. The smallest absolute Gasteiger partial charge is 0.320 e. The summed E-state index contributed by atoms with van der Waals surface area (Å²) in [7, 11) is 0. The first-order chi connectivity index (χ1) is 16.4. The summed E-state index contributed by atoms with van der Waals surface area (Å²) in [5.74, 6) is -0.148. The zero-order valence-corrected chi connectivity index (χ0v) is 19.1. The lowest BCUT2D eigenvalue weighted by Crippen LogP contribution is -2.30. The predicted octanol–water partition coefficient (Wildman–Crippen LogP) is 3.35. The number of rotatable bonds is 9. The molecule has 0 bridgehead atoms. The highest BCUT2D eigenvalue weighted by Gasteiger charge is 2.19. The predicted molar refractivity (Wildman–Crippen MR) is 129 cm³/mol. The Morgan fingerprint density at radius 3 is 2.76 bits per heavy atom. The molecule has 4 aromatic rings. The molecular weight excluding hydrogens is 456 g/mol. The first-order valence-electron chi connectivity index (χ1n) is 10.6. The minimum absolute atomic E-state index is 0.340. The minimum Gasteiger partial charge on any atom is -0.480 e. The molecule has 0 radical (unpaired) electrons. The molecule has 174 valence electrons. The zero-order chi connectivity index (χ0) is 24.1. The van der Waals surface area contributed by atoms with Crippen molar-refractivity contribution in [2.24, 2.45) is 5.73 Å². The molecule has 2 aromatic carbocycles. The SMILES string of the molecule is Cc1ccc(-n2nnnc2-c2cnc(NCCCC(N)C(=O)O)nc2-c2cccc(Cl)c2)cc1. The van der Waals surface area contributed by atoms with Gasteiger partial charge in [0.15, 0.2) is 5.82 Å². The summed E-state index contributed by atoms with van der Waals surface area (Å²) in [6.45, 7) is 2.48. The molecule has 0 fully saturated rings. The van der Waals surface area contributed by atoms with Crippen molar-refractivity contribution in [1.29, 1.82) is 0 Å². The highest BCUT2D eigenvalue weighted by molar-refractivity contribution is 6.30. The number of carbonyl (C=O) groups is 1. The van der Waals surface area contributed by atoms with Crippen LogP contribution in [0.3, 0.4) is 0 Å². The second kappa shape index (κ2) is 10.4. The average Bonchev–Trinajstić information content (AvgIpc) is 3.31. The van der Waals surface area contributed by atoms with Gasteiger partial charge in [0.2, 0.25) is 5.95 Å². The Morgan fingerprint density at radius 1 is 1.24 bits per heavy atom. The number of aromatic nitrogens is 6. The largest absolute Gasteiger partial charge is 0.480 e. The highest BCUT2D eigenvalue weighted by atomic mass is 35.5. The van der Waals surface area contributed by atoms with Crippen molar-refractivity contribution in [2.75, 3.05) is 11.9 Å². The van der Waals surface area contributed by atoms with Gasteiger partial charge in [-0.05, 0) is 54.5 Å². The number of nitrogens with zero attached hydrogens (tertiary/aromatic N) is 6. The van der Waals surface area contributed by atoms with Crippen LogP contribution in [0.2, 0.25) is 5.02 Å². The van der Waals surface area contributed by atoms with Crippen LogP contribution in [0.5, 0.6) is 0 Å². The van der Waals surface area contributed by atoms with Crippen LogP contribution in [-0.2, 0) is 4.79 Å². The van der Waals surface area contributed by atoms with Crippen LogP contribution in [0.1, 0.15) is 18.4 Å². The maximum Gasteiger partial charge on any atom is 0.320 e. The fraction of sp³-hybridized carbons (Fsp3) is 0.217. The van der Waals surface area contributed by atoms with Gasteiger partial charge in [-0.2, -0.15) is 4.68 Å². The van der Waals surface area contributed by atoms with Crippen molar-refractivity contribution >= 4 is 23.5 Å². The van der Waals surface area contributed by atoms with Gasteiger partial charge in [0.25, 0.3) is 0 Å². The monoisotopic (exact) mass is 478 g/mol. The summed E-state index contributed by atoms with van der Waals surface area (Å²) in [5, 5.41) is 24.9. The molecule has 1 unspecified atom stereocenters. The molecule has 4 N–H and O–H groups in total. The molecule has 2 aromatic heterocycles. The van der Waals surface area contributed by atoms with Gasteiger partial charge in [-0.3, -0.25) is 4.79 Å². The summed E-state index contributed by atoms with van der Waals surface area (Å²) in [4.78, 5) is 20.0. The van der Waals surface area contributed by atoms with Gasteiger partial charge in [-0.1, -0.05) is 41.4 Å². The van der Waals surface area contributed by atoms with E-state index in [4.69, 9.17) is 27.4 Å². The first-order valence-corrected chi connectivity index (χ1v) is 11.0. The molecule has 34 heavy (non-hydrogen) atoms. The molecular formula is C23H23ClN8O2. The van der Waals surface area contributed by atoms with E-state index in [-0.39, 0.29) is 0 Å². The van der Waals surface area contributed by atoms with E-state index < -0.39 is 12.0 Å². The third-order valence-corrected chi connectivity index (χ3v) is 5.40. The van der Waals surface area contributed by atoms with Crippen molar-refractivity contribution in [3.63, 3.8) is 0 Å². The van der Waals surface area contributed by atoms with Crippen LogP contribution in [0.15, 0.2) is 54.7 Å². The van der Waals surface area contributed by atoms with Gasteiger partial charge in [-0.25, -0.2) is 9.97 Å². The Balaban J connectivity index is 1.68. The fourth-order valence-corrected chi connectivity index (χ4v) is 3.54. The Bertz CT molecular complexity index is 1290. The lowest BCUT2D eigenvalue weighted by molar-refractivity contribution is -0.138. The number of benzene rings is 2. The summed E-state index contributed by atoms with van der Waals surface area (Å²) >= 11 is 6.25. The van der Waals surface area contributed by atoms with Crippen LogP contribution in [-0.4, -0.2) is 53.8 Å². The molecule has 0 aliphatic rings. The number of anilines is 1. The summed E-state index contributed by atoms with van der Waals surface area (Å²) in [5.41, 5.74) is 9.50. The third-order valence-electron chi connectivity index (χ3n) is 5.17. The highest BCUT2D eigenvalue weighted by Crippen LogP contribution is 2.31. The van der Waals surface area contributed by atoms with Crippen molar-refractivity contribution < 1.29 is 9.90 Å². The normalized spacial score (nSPS) is 11.9. The zero-order valence-electron chi connectivity index (χ0n) is 18.4. The summed E-state index contributed by atoms with van der Waals surface area (Å²) in [6.07, 6.45) is 2.55. The number of hydrogen-bond acceptors (Lipinski definition) is 8. The van der Waals surface area contributed by atoms with Crippen LogP contribution in [0, 0.1) is 6.92 Å². The van der Waals surface area contributed by atoms with Crippen LogP contribution in [0.4, 0.5) is 5.95 Å². The molecule has 4 rings (SSSR count). The Kier molecular flexibility index (Phi) is 7.09. The van der Waals surface area contributed by atoms with Gasteiger partial charge < -0.3 is 16.2 Å². The number of nitrogens with two attached hydrogens (primary N) is 1. The van der Waals surface area contributed by atoms with E-state index >= 15 is 0 Å². The number of aliphatic carboxylic acids is 1. The standard InChI is InChI=1S/C23H23ClN8O2/c1-14-7-9-17(10-8-14)32-21(29-30-31-32)18-13-27-23(26-11-3-6-19(25)22(33)34)28-20(18)15-4-2-5-16(24)12-15/h2,4-5,7-10,12-13,19H,3,6,11,25H2,1H3,(H,33,34)(H,26,27,28). The second-order valence-corrected chi connectivity index (χ2v) is 8.17. The van der Waals surface area contributed by atoms with E-state index in [2.05, 4.69) is 25.8 Å². The minimum atomic E-state index is -1.02. The second-order valence-electron chi connectivity index (χ2n) is 7.73. The number of carboxylic acid groups (broad SMARTS) is 1. The van der Waals surface area contributed by atoms with Crippen molar-refractivity contribution in [3.05, 3.63) is 65.3 Å². The molecule has 0 aliphatic heterocycles. The number of tetrazole rings is 1. The number of nitrogens with one attached hydrogen (secondary N) is 1. The van der Waals surface area contributed by atoms with E-state index in [9.17, 15) is 4.79 Å². The average molecular weight is 479 g/mol. The molecule has 10 nitrogen and oxygen atoms in total. The fourth-order valence-electron chi connectivity index (χ4n) is 3.35. The number of halogens is 1. The molecule has 0 spiro atoms. The van der Waals surface area contributed by atoms with E-state index in [1.165, 1.54) is 0 Å². The van der Waals surface area contributed by atoms with E-state index in [1.807, 2.05) is 49.4 Å². The summed E-state index contributed by atoms with van der Waals surface area (Å²) in [6, 6.07) is 14.3. The molecule has 11 heteroatoms. The van der Waals surface area contributed by atoms with Gasteiger partial charge in [-0.15, -0.1) is 5.10 Å². The molecule has 0 amide bonds. The van der Waals surface area contributed by atoms with Crippen molar-refractivity contribution in [2.45, 2.75) is 25.8 Å². The maximum atomic E-state index is 10.9. The van der Waals surface area contributed by atoms with Crippen molar-refractivity contribution in [1.82, 2.24) is 30.2 Å². The van der Waals surface area contributed by atoms with E-state index in [1.54, 1.807) is 16.9 Å². The number of carboxylic acids is 1. The first kappa shape index (κ1) is 23.3. The lowest BCUT2D eigenvalue weighted by Gasteiger charge is -2.12. The summed E-state index contributed by atoms with van der Waals surface area (Å²) < 4.78 is 1.63. The van der Waals surface area contributed by atoms with Gasteiger partial charge in [0, 0.05) is 23.3 Å². The van der Waals surface area contributed by atoms with Crippen LogP contribution >= 0.6 is 11.6 Å². The molecule has 0 saturated heterocycles. The third kappa shape index (κ3) is 5.36. The maximum absolute atomic E-state index is 10.9. The molecule has 1 atom stereocenters. The lowest BCUT2D eigenvalue weighted by atomic mass is 10.1. The molecule has 2 heterocycles. The van der Waals surface area contributed by atoms with Gasteiger partial charge in [0.05, 0.1) is 16.9 Å². The van der Waals surface area contributed by atoms with Gasteiger partial charge in [0.1, 0.15) is 6.04 Å². The van der Waals surface area contributed by atoms with Gasteiger partial charge >= 0.3 is 5.97 Å². The number of hydrogen-bond donors (Lipinski definition) is 3.